The molecule has 0 atom stereocenters. The lowest BCUT2D eigenvalue weighted by molar-refractivity contribution is 0.0976. The monoisotopic (exact) mass is 206 g/mol. The Morgan fingerprint density at radius 1 is 1.40 bits per heavy atom. The highest BCUT2D eigenvalue weighted by molar-refractivity contribution is 5.98. The summed E-state index contributed by atoms with van der Waals surface area (Å²) in [6.45, 7) is 4.07. The first kappa shape index (κ1) is 11.8. The first-order valence-electron chi connectivity index (χ1n) is 5.37. The summed E-state index contributed by atoms with van der Waals surface area (Å²) in [7, 11) is 1.60. The van der Waals surface area contributed by atoms with Crippen LogP contribution in [0.25, 0.3) is 0 Å². The molecule has 0 aliphatic carbocycles. The molecule has 0 bridgehead atoms. The molecular formula is C13H18O2. The Morgan fingerprint density at radius 2 is 2.13 bits per heavy atom. The van der Waals surface area contributed by atoms with Crippen LogP contribution < -0.4 is 4.74 Å². The maximum Gasteiger partial charge on any atom is 0.166 e. The molecule has 0 saturated carbocycles. The number of rotatable bonds is 5. The number of unbranched alkanes of at least 4 members (excludes halogenated alkanes) is 1. The van der Waals surface area contributed by atoms with E-state index in [4.69, 9.17) is 4.74 Å². The van der Waals surface area contributed by atoms with Gasteiger partial charge >= 0.3 is 0 Å². The Hall–Kier alpha value is -1.31. The molecule has 0 aliphatic heterocycles. The van der Waals surface area contributed by atoms with E-state index in [1.165, 1.54) is 0 Å². The Labute approximate surface area is 91.3 Å². The predicted octanol–water partition coefficient (Wildman–Crippen LogP) is 3.38. The summed E-state index contributed by atoms with van der Waals surface area (Å²) in [6.07, 6.45) is 2.59. The number of benzene rings is 1. The lowest BCUT2D eigenvalue weighted by Crippen LogP contribution is -2.02. The molecule has 1 aromatic rings. The van der Waals surface area contributed by atoms with E-state index in [2.05, 4.69) is 6.92 Å². The fourth-order valence-electron chi connectivity index (χ4n) is 1.51. The van der Waals surface area contributed by atoms with E-state index in [9.17, 15) is 4.79 Å². The highest BCUT2D eigenvalue weighted by Gasteiger charge is 2.11. The van der Waals surface area contributed by atoms with Crippen molar-refractivity contribution >= 4 is 5.78 Å². The quantitative estimate of drug-likeness (QED) is 0.690. The number of carbonyl (C=O) groups is 1. The fraction of sp³-hybridized carbons (Fsp3) is 0.462. The first-order chi connectivity index (χ1) is 7.19. The minimum absolute atomic E-state index is 0.178. The zero-order valence-corrected chi connectivity index (χ0v) is 9.67. The Balaban J connectivity index is 2.90. The van der Waals surface area contributed by atoms with Crippen LogP contribution in [0.4, 0.5) is 0 Å². The largest absolute Gasteiger partial charge is 0.496 e. The molecule has 0 amide bonds. The van der Waals surface area contributed by atoms with Gasteiger partial charge in [0.15, 0.2) is 5.78 Å². The second-order valence-electron chi connectivity index (χ2n) is 3.73. The van der Waals surface area contributed by atoms with Gasteiger partial charge in [-0.3, -0.25) is 4.79 Å². The fourth-order valence-corrected chi connectivity index (χ4v) is 1.51. The molecular weight excluding hydrogens is 188 g/mol. The van der Waals surface area contributed by atoms with Crippen LogP contribution in [0.5, 0.6) is 5.75 Å². The Morgan fingerprint density at radius 3 is 2.73 bits per heavy atom. The number of ether oxygens (including phenoxy) is 1. The van der Waals surface area contributed by atoms with Crippen LogP contribution in [-0.2, 0) is 0 Å². The number of methoxy groups -OCH3 is 1. The van der Waals surface area contributed by atoms with Crippen LogP contribution in [0, 0.1) is 6.92 Å². The summed E-state index contributed by atoms with van der Waals surface area (Å²) < 4.78 is 5.18. The highest BCUT2D eigenvalue weighted by atomic mass is 16.5. The van der Waals surface area contributed by atoms with Crippen molar-refractivity contribution in [3.63, 3.8) is 0 Å². The van der Waals surface area contributed by atoms with Gasteiger partial charge in [-0.1, -0.05) is 25.0 Å². The standard InChI is InChI=1S/C13H18O2/c1-4-5-6-12(14)11-9-10(2)7-8-13(11)15-3/h7-9H,4-6H2,1-3H3. The minimum atomic E-state index is 0.178. The van der Waals surface area contributed by atoms with E-state index < -0.39 is 0 Å². The maximum atomic E-state index is 11.9. The SMILES string of the molecule is CCCCC(=O)c1cc(C)ccc1OC. The second-order valence-corrected chi connectivity index (χ2v) is 3.73. The van der Waals surface area contributed by atoms with Gasteiger partial charge in [0.25, 0.3) is 0 Å². The van der Waals surface area contributed by atoms with E-state index in [0.29, 0.717) is 17.7 Å². The minimum Gasteiger partial charge on any atom is -0.496 e. The summed E-state index contributed by atoms with van der Waals surface area (Å²) in [6, 6.07) is 5.71. The zero-order chi connectivity index (χ0) is 11.3. The topological polar surface area (TPSA) is 26.3 Å². The number of carbonyl (C=O) groups excluding carboxylic acids is 1. The third kappa shape index (κ3) is 3.08. The average molecular weight is 206 g/mol. The molecule has 0 N–H and O–H groups in total. The normalized spacial score (nSPS) is 10.1. The molecule has 0 heterocycles. The number of Topliss-reactive ketones (excluding diaryl/α,β-unsaturated/α-hetero) is 1. The van der Waals surface area contributed by atoms with Crippen molar-refractivity contribution in [2.75, 3.05) is 7.11 Å². The van der Waals surface area contributed by atoms with Gasteiger partial charge in [-0.15, -0.1) is 0 Å². The van der Waals surface area contributed by atoms with Crippen molar-refractivity contribution in [2.24, 2.45) is 0 Å². The molecule has 0 fully saturated rings. The molecule has 1 rings (SSSR count). The van der Waals surface area contributed by atoms with Gasteiger partial charge < -0.3 is 4.74 Å². The highest BCUT2D eigenvalue weighted by Crippen LogP contribution is 2.21. The molecule has 2 nitrogen and oxygen atoms in total. The van der Waals surface area contributed by atoms with E-state index in [0.717, 1.165) is 18.4 Å². The smallest absolute Gasteiger partial charge is 0.166 e. The van der Waals surface area contributed by atoms with Gasteiger partial charge in [-0.05, 0) is 25.5 Å². The van der Waals surface area contributed by atoms with Crippen LogP contribution in [0.1, 0.15) is 42.1 Å². The number of hydrogen-bond donors (Lipinski definition) is 0. The molecule has 0 unspecified atom stereocenters. The first-order valence-corrected chi connectivity index (χ1v) is 5.37. The van der Waals surface area contributed by atoms with Crippen molar-refractivity contribution in [1.82, 2.24) is 0 Å². The van der Waals surface area contributed by atoms with Crippen molar-refractivity contribution < 1.29 is 9.53 Å². The molecule has 0 aromatic heterocycles. The molecule has 1 aromatic carbocycles. The van der Waals surface area contributed by atoms with Crippen LogP contribution in [0.15, 0.2) is 18.2 Å². The van der Waals surface area contributed by atoms with E-state index >= 15 is 0 Å². The third-order valence-corrected chi connectivity index (χ3v) is 2.41. The van der Waals surface area contributed by atoms with Crippen molar-refractivity contribution in [2.45, 2.75) is 33.1 Å². The van der Waals surface area contributed by atoms with Gasteiger partial charge in [0.05, 0.1) is 12.7 Å². The summed E-state index contributed by atoms with van der Waals surface area (Å²) in [5.74, 6) is 0.860. The van der Waals surface area contributed by atoms with Gasteiger partial charge in [0.1, 0.15) is 5.75 Å². The Bertz CT molecular complexity index is 342. The molecule has 15 heavy (non-hydrogen) atoms. The number of ketones is 1. The molecule has 82 valence electrons. The number of aryl methyl sites for hydroxylation is 1. The lowest BCUT2D eigenvalue weighted by Gasteiger charge is -2.08. The van der Waals surface area contributed by atoms with E-state index in [1.807, 2.05) is 25.1 Å². The van der Waals surface area contributed by atoms with Crippen LogP contribution in [0.2, 0.25) is 0 Å². The van der Waals surface area contributed by atoms with Crippen LogP contribution in [-0.4, -0.2) is 12.9 Å². The van der Waals surface area contributed by atoms with Gasteiger partial charge in [0, 0.05) is 6.42 Å². The number of hydrogen-bond acceptors (Lipinski definition) is 2. The van der Waals surface area contributed by atoms with Crippen LogP contribution in [0.3, 0.4) is 0 Å². The summed E-state index contributed by atoms with van der Waals surface area (Å²) in [5, 5.41) is 0. The van der Waals surface area contributed by atoms with Crippen molar-refractivity contribution in [3.8, 4) is 5.75 Å². The van der Waals surface area contributed by atoms with Gasteiger partial charge in [-0.25, -0.2) is 0 Å². The second kappa shape index (κ2) is 5.54. The summed E-state index contributed by atoms with van der Waals surface area (Å²) >= 11 is 0. The molecule has 0 radical (unpaired) electrons. The Kier molecular flexibility index (Phi) is 4.35. The maximum absolute atomic E-state index is 11.9. The van der Waals surface area contributed by atoms with Crippen LogP contribution >= 0.6 is 0 Å². The zero-order valence-electron chi connectivity index (χ0n) is 9.67. The lowest BCUT2D eigenvalue weighted by atomic mass is 10.0. The molecule has 0 aliphatic rings. The predicted molar refractivity (Wildman–Crippen MR) is 61.6 cm³/mol. The van der Waals surface area contributed by atoms with Crippen molar-refractivity contribution in [1.29, 1.82) is 0 Å². The summed E-state index contributed by atoms with van der Waals surface area (Å²) in [5.41, 5.74) is 1.81. The van der Waals surface area contributed by atoms with Gasteiger partial charge in [-0.2, -0.15) is 0 Å². The average Bonchev–Trinajstić information content (AvgIpc) is 2.25. The third-order valence-electron chi connectivity index (χ3n) is 2.41. The summed E-state index contributed by atoms with van der Waals surface area (Å²) in [4.78, 5) is 11.9. The molecule has 0 saturated heterocycles. The van der Waals surface area contributed by atoms with E-state index in [-0.39, 0.29) is 5.78 Å². The van der Waals surface area contributed by atoms with Crippen molar-refractivity contribution in [3.05, 3.63) is 29.3 Å². The molecule has 0 spiro atoms. The molecule has 2 heteroatoms. The van der Waals surface area contributed by atoms with E-state index in [1.54, 1.807) is 7.11 Å². The van der Waals surface area contributed by atoms with Gasteiger partial charge in [0.2, 0.25) is 0 Å².